The Morgan fingerprint density at radius 1 is 1.16 bits per heavy atom. The number of ether oxygens (including phenoxy) is 2. The van der Waals surface area contributed by atoms with Gasteiger partial charge in [0, 0.05) is 4.47 Å². The van der Waals surface area contributed by atoms with E-state index in [0.29, 0.717) is 5.75 Å². The molecule has 0 spiro atoms. The van der Waals surface area contributed by atoms with Crippen molar-refractivity contribution in [1.82, 2.24) is 0 Å². The van der Waals surface area contributed by atoms with Gasteiger partial charge in [0.15, 0.2) is 6.10 Å². The van der Waals surface area contributed by atoms with Gasteiger partial charge in [-0.3, -0.25) is 4.79 Å². The number of hydrogen-bond acceptors (Lipinski definition) is 3. The summed E-state index contributed by atoms with van der Waals surface area (Å²) in [5.41, 5.74) is 2.00. The van der Waals surface area contributed by atoms with E-state index < -0.39 is 6.10 Å². The molecule has 4 nitrogen and oxygen atoms in total. The van der Waals surface area contributed by atoms with Crippen molar-refractivity contribution in [2.24, 2.45) is 0 Å². The molecule has 0 saturated carbocycles. The Hall–Kier alpha value is -2.01. The van der Waals surface area contributed by atoms with Crippen LogP contribution in [0.25, 0.3) is 0 Å². The minimum atomic E-state index is -0.611. The SMILES string of the molecule is CCCCc1ccc(NC(=O)C(C)Oc2ccc(OC)cc2)c(Br)c1. The predicted octanol–water partition coefficient (Wildman–Crippen LogP) is 5.21. The molecular weight excluding hydrogens is 382 g/mol. The first-order valence-electron chi connectivity index (χ1n) is 8.43. The monoisotopic (exact) mass is 405 g/mol. The molecule has 2 aromatic carbocycles. The molecule has 0 radical (unpaired) electrons. The van der Waals surface area contributed by atoms with Gasteiger partial charge in [0.05, 0.1) is 12.8 Å². The van der Waals surface area contributed by atoms with E-state index in [-0.39, 0.29) is 5.91 Å². The fraction of sp³-hybridized carbons (Fsp3) is 0.350. The normalized spacial score (nSPS) is 11.7. The van der Waals surface area contributed by atoms with Crippen LogP contribution in [-0.2, 0) is 11.2 Å². The summed E-state index contributed by atoms with van der Waals surface area (Å²) in [6, 6.07) is 13.2. The van der Waals surface area contributed by atoms with Crippen LogP contribution in [-0.4, -0.2) is 19.1 Å². The second-order valence-electron chi connectivity index (χ2n) is 5.84. The number of amides is 1. The highest BCUT2D eigenvalue weighted by Gasteiger charge is 2.16. The Kier molecular flexibility index (Phi) is 7.31. The van der Waals surface area contributed by atoms with Crippen LogP contribution in [0.2, 0.25) is 0 Å². The van der Waals surface area contributed by atoms with Crippen LogP contribution in [0.4, 0.5) is 5.69 Å². The maximum atomic E-state index is 12.4. The van der Waals surface area contributed by atoms with Crippen molar-refractivity contribution in [2.45, 2.75) is 39.2 Å². The summed E-state index contributed by atoms with van der Waals surface area (Å²) in [5.74, 6) is 1.17. The second kappa shape index (κ2) is 9.47. The van der Waals surface area contributed by atoms with Gasteiger partial charge in [0.1, 0.15) is 11.5 Å². The van der Waals surface area contributed by atoms with Gasteiger partial charge >= 0.3 is 0 Å². The molecule has 1 atom stereocenters. The fourth-order valence-corrected chi connectivity index (χ4v) is 2.87. The standard InChI is InChI=1S/C20H24BrNO3/c1-4-5-6-15-7-12-19(18(21)13-15)22-20(23)14(2)25-17-10-8-16(24-3)9-11-17/h7-14H,4-6H2,1-3H3,(H,22,23). The molecule has 0 aliphatic carbocycles. The Labute approximate surface area is 157 Å². The summed E-state index contributed by atoms with van der Waals surface area (Å²) in [5, 5.41) is 2.90. The van der Waals surface area contributed by atoms with E-state index in [1.165, 1.54) is 5.56 Å². The minimum absolute atomic E-state index is 0.196. The summed E-state index contributed by atoms with van der Waals surface area (Å²) in [4.78, 5) is 12.4. The summed E-state index contributed by atoms with van der Waals surface area (Å²) >= 11 is 3.53. The number of halogens is 1. The maximum absolute atomic E-state index is 12.4. The zero-order valence-corrected chi connectivity index (χ0v) is 16.4. The lowest BCUT2D eigenvalue weighted by atomic mass is 10.1. The lowest BCUT2D eigenvalue weighted by molar-refractivity contribution is -0.122. The maximum Gasteiger partial charge on any atom is 0.265 e. The third-order valence-electron chi connectivity index (χ3n) is 3.85. The summed E-state index contributed by atoms with van der Waals surface area (Å²) in [6.45, 7) is 3.90. The van der Waals surface area contributed by atoms with Gasteiger partial charge in [0.2, 0.25) is 0 Å². The van der Waals surface area contributed by atoms with Crippen LogP contribution in [0, 0.1) is 0 Å². The number of carbonyl (C=O) groups excluding carboxylic acids is 1. The van der Waals surface area contributed by atoms with Crippen LogP contribution in [0.1, 0.15) is 32.3 Å². The zero-order chi connectivity index (χ0) is 18.2. The summed E-state index contributed by atoms with van der Waals surface area (Å²) < 4.78 is 11.7. The molecule has 1 amide bonds. The van der Waals surface area contributed by atoms with Gasteiger partial charge < -0.3 is 14.8 Å². The first-order chi connectivity index (χ1) is 12.0. The summed E-state index contributed by atoms with van der Waals surface area (Å²) in [6.07, 6.45) is 2.75. The van der Waals surface area contributed by atoms with Crippen LogP contribution >= 0.6 is 15.9 Å². The van der Waals surface area contributed by atoms with Crippen molar-refractivity contribution in [2.75, 3.05) is 12.4 Å². The van der Waals surface area contributed by atoms with Crippen molar-refractivity contribution in [3.8, 4) is 11.5 Å². The van der Waals surface area contributed by atoms with E-state index in [2.05, 4.69) is 34.2 Å². The number of hydrogen-bond donors (Lipinski definition) is 1. The fourth-order valence-electron chi connectivity index (χ4n) is 2.34. The molecule has 25 heavy (non-hydrogen) atoms. The van der Waals surface area contributed by atoms with E-state index in [1.54, 1.807) is 38.3 Å². The highest BCUT2D eigenvalue weighted by Crippen LogP contribution is 2.25. The molecule has 0 aliphatic heterocycles. The van der Waals surface area contributed by atoms with Crippen molar-refractivity contribution >= 4 is 27.5 Å². The molecule has 0 aromatic heterocycles. The molecule has 0 saturated heterocycles. The predicted molar refractivity (Wildman–Crippen MR) is 104 cm³/mol. The number of nitrogens with one attached hydrogen (secondary N) is 1. The Bertz CT molecular complexity index is 701. The highest BCUT2D eigenvalue weighted by molar-refractivity contribution is 9.10. The van der Waals surface area contributed by atoms with Crippen molar-refractivity contribution in [1.29, 1.82) is 0 Å². The number of benzene rings is 2. The van der Waals surface area contributed by atoms with Gasteiger partial charge in [-0.05, 0) is 77.7 Å². The molecule has 1 unspecified atom stereocenters. The first-order valence-corrected chi connectivity index (χ1v) is 9.22. The molecule has 0 bridgehead atoms. The molecule has 0 aliphatic rings. The second-order valence-corrected chi connectivity index (χ2v) is 6.70. The lowest BCUT2D eigenvalue weighted by Gasteiger charge is -2.16. The third-order valence-corrected chi connectivity index (χ3v) is 4.51. The topological polar surface area (TPSA) is 47.6 Å². The number of carbonyl (C=O) groups is 1. The number of anilines is 1. The average molecular weight is 406 g/mol. The van der Waals surface area contributed by atoms with E-state index in [9.17, 15) is 4.79 Å². The van der Waals surface area contributed by atoms with Crippen LogP contribution in [0.5, 0.6) is 11.5 Å². The van der Waals surface area contributed by atoms with Gasteiger partial charge in [-0.25, -0.2) is 0 Å². The molecule has 134 valence electrons. The number of unbranched alkanes of at least 4 members (excludes halogenated alkanes) is 1. The van der Waals surface area contributed by atoms with Crippen LogP contribution < -0.4 is 14.8 Å². The molecular formula is C20H24BrNO3. The van der Waals surface area contributed by atoms with Crippen molar-refractivity contribution in [3.05, 3.63) is 52.5 Å². The highest BCUT2D eigenvalue weighted by atomic mass is 79.9. The average Bonchev–Trinajstić information content (AvgIpc) is 2.62. The van der Waals surface area contributed by atoms with E-state index in [0.717, 1.165) is 35.2 Å². The van der Waals surface area contributed by atoms with Gasteiger partial charge in [-0.15, -0.1) is 0 Å². The number of rotatable bonds is 8. The Balaban J connectivity index is 1.95. The van der Waals surface area contributed by atoms with E-state index in [1.807, 2.05) is 12.1 Å². The Morgan fingerprint density at radius 3 is 2.44 bits per heavy atom. The van der Waals surface area contributed by atoms with Gasteiger partial charge in [-0.2, -0.15) is 0 Å². The quantitative estimate of drug-likeness (QED) is 0.655. The molecule has 1 N–H and O–H groups in total. The molecule has 2 aromatic rings. The Morgan fingerprint density at radius 2 is 1.84 bits per heavy atom. The largest absolute Gasteiger partial charge is 0.497 e. The zero-order valence-electron chi connectivity index (χ0n) is 14.8. The minimum Gasteiger partial charge on any atom is -0.497 e. The molecule has 2 rings (SSSR count). The van der Waals surface area contributed by atoms with Gasteiger partial charge in [0.25, 0.3) is 5.91 Å². The smallest absolute Gasteiger partial charge is 0.265 e. The van der Waals surface area contributed by atoms with E-state index >= 15 is 0 Å². The van der Waals surface area contributed by atoms with Crippen LogP contribution in [0.3, 0.4) is 0 Å². The van der Waals surface area contributed by atoms with Crippen LogP contribution in [0.15, 0.2) is 46.9 Å². The first kappa shape index (κ1) is 19.3. The number of methoxy groups -OCH3 is 1. The molecule has 0 heterocycles. The third kappa shape index (κ3) is 5.78. The van der Waals surface area contributed by atoms with E-state index in [4.69, 9.17) is 9.47 Å². The van der Waals surface area contributed by atoms with Crippen molar-refractivity contribution < 1.29 is 14.3 Å². The molecule has 5 heteroatoms. The lowest BCUT2D eigenvalue weighted by Crippen LogP contribution is -2.30. The summed E-state index contributed by atoms with van der Waals surface area (Å²) in [7, 11) is 1.61. The number of aryl methyl sites for hydroxylation is 1. The van der Waals surface area contributed by atoms with Gasteiger partial charge in [-0.1, -0.05) is 19.4 Å². The van der Waals surface area contributed by atoms with Crippen molar-refractivity contribution in [3.63, 3.8) is 0 Å². The molecule has 0 fully saturated rings.